The van der Waals surface area contributed by atoms with E-state index in [1.54, 1.807) is 11.3 Å². The molecule has 1 atom stereocenters. The van der Waals surface area contributed by atoms with Gasteiger partial charge in [0.15, 0.2) is 0 Å². The van der Waals surface area contributed by atoms with E-state index in [1.807, 2.05) is 0 Å². The van der Waals surface area contributed by atoms with Gasteiger partial charge in [0.2, 0.25) is 0 Å². The zero-order valence-electron chi connectivity index (χ0n) is 11.4. The molecule has 0 saturated carbocycles. The normalized spacial score (nSPS) is 18.9. The smallest absolute Gasteiger partial charge is 0.107 e. The molecule has 3 rings (SSSR count). The van der Waals surface area contributed by atoms with E-state index in [9.17, 15) is 0 Å². The van der Waals surface area contributed by atoms with Gasteiger partial charge in [-0.05, 0) is 37.3 Å². The van der Waals surface area contributed by atoms with Crippen LogP contribution in [0.25, 0.3) is 0 Å². The Morgan fingerprint density at radius 1 is 1.32 bits per heavy atom. The molecule has 1 N–H and O–H groups in total. The van der Waals surface area contributed by atoms with Gasteiger partial charge in [-0.3, -0.25) is 0 Å². The fraction of sp³-hybridized carbons (Fsp3) is 0.438. The average molecular weight is 272 g/mol. The number of rotatable bonds is 3. The summed E-state index contributed by atoms with van der Waals surface area (Å²) in [5, 5.41) is 7.01. The Morgan fingerprint density at radius 2 is 2.21 bits per heavy atom. The molecule has 1 aromatic carbocycles. The van der Waals surface area contributed by atoms with Gasteiger partial charge in [0.1, 0.15) is 5.01 Å². The predicted molar refractivity (Wildman–Crippen MR) is 80.4 cm³/mol. The van der Waals surface area contributed by atoms with Gasteiger partial charge in [0, 0.05) is 23.7 Å². The second-order valence-electron chi connectivity index (χ2n) is 5.26. The molecule has 1 heterocycles. The SMILES string of the molecule is Cc1csc(CNC2CCCCc3ccccc32)n1. The van der Waals surface area contributed by atoms with E-state index in [1.165, 1.54) is 41.8 Å². The third-order valence-electron chi connectivity index (χ3n) is 3.79. The van der Waals surface area contributed by atoms with Crippen LogP contribution in [0.2, 0.25) is 0 Å². The highest BCUT2D eigenvalue weighted by Gasteiger charge is 2.17. The van der Waals surface area contributed by atoms with Crippen LogP contribution >= 0.6 is 11.3 Å². The van der Waals surface area contributed by atoms with Crippen LogP contribution in [0.4, 0.5) is 0 Å². The maximum Gasteiger partial charge on any atom is 0.107 e. The maximum absolute atomic E-state index is 4.53. The second-order valence-corrected chi connectivity index (χ2v) is 6.20. The summed E-state index contributed by atoms with van der Waals surface area (Å²) in [6.45, 7) is 2.94. The summed E-state index contributed by atoms with van der Waals surface area (Å²) < 4.78 is 0. The average Bonchev–Trinajstić information content (AvgIpc) is 2.73. The highest BCUT2D eigenvalue weighted by atomic mass is 32.1. The lowest BCUT2D eigenvalue weighted by Crippen LogP contribution is -2.21. The van der Waals surface area contributed by atoms with E-state index < -0.39 is 0 Å². The van der Waals surface area contributed by atoms with Crippen molar-refractivity contribution in [2.75, 3.05) is 0 Å². The molecule has 3 heteroatoms. The molecule has 2 nitrogen and oxygen atoms in total. The van der Waals surface area contributed by atoms with Crippen LogP contribution in [-0.4, -0.2) is 4.98 Å². The van der Waals surface area contributed by atoms with Gasteiger partial charge in [-0.1, -0.05) is 30.7 Å². The minimum absolute atomic E-state index is 0.489. The fourth-order valence-electron chi connectivity index (χ4n) is 2.83. The number of hydrogen-bond donors (Lipinski definition) is 1. The lowest BCUT2D eigenvalue weighted by Gasteiger charge is -2.18. The first-order chi connectivity index (χ1) is 9.33. The van der Waals surface area contributed by atoms with E-state index in [0.717, 1.165) is 12.2 Å². The largest absolute Gasteiger partial charge is 0.304 e. The predicted octanol–water partition coefficient (Wildman–Crippen LogP) is 4.01. The minimum Gasteiger partial charge on any atom is -0.304 e. The number of hydrogen-bond acceptors (Lipinski definition) is 3. The van der Waals surface area contributed by atoms with Crippen molar-refractivity contribution in [3.8, 4) is 0 Å². The fourth-order valence-corrected chi connectivity index (χ4v) is 3.55. The number of nitrogens with one attached hydrogen (secondary N) is 1. The van der Waals surface area contributed by atoms with Crippen molar-refractivity contribution in [2.24, 2.45) is 0 Å². The lowest BCUT2D eigenvalue weighted by molar-refractivity contribution is 0.488. The maximum atomic E-state index is 4.53. The first-order valence-electron chi connectivity index (χ1n) is 7.05. The van der Waals surface area contributed by atoms with Crippen molar-refractivity contribution < 1.29 is 0 Å². The topological polar surface area (TPSA) is 24.9 Å². The molecular formula is C16H20N2S. The minimum atomic E-state index is 0.489. The number of thiazole rings is 1. The summed E-state index contributed by atoms with van der Waals surface area (Å²) >= 11 is 1.75. The molecule has 2 aromatic rings. The number of fused-ring (bicyclic) bond motifs is 1. The first-order valence-corrected chi connectivity index (χ1v) is 7.93. The summed E-state index contributed by atoms with van der Waals surface area (Å²) in [4.78, 5) is 4.53. The van der Waals surface area contributed by atoms with Crippen molar-refractivity contribution in [1.29, 1.82) is 0 Å². The van der Waals surface area contributed by atoms with Crippen LogP contribution in [-0.2, 0) is 13.0 Å². The van der Waals surface area contributed by atoms with E-state index >= 15 is 0 Å². The number of aryl methyl sites for hydroxylation is 2. The zero-order valence-corrected chi connectivity index (χ0v) is 12.2. The highest BCUT2D eigenvalue weighted by Crippen LogP contribution is 2.28. The zero-order chi connectivity index (χ0) is 13.1. The molecule has 19 heavy (non-hydrogen) atoms. The Labute approximate surface area is 118 Å². The lowest BCUT2D eigenvalue weighted by atomic mass is 9.99. The Morgan fingerprint density at radius 3 is 3.05 bits per heavy atom. The van der Waals surface area contributed by atoms with E-state index in [2.05, 4.69) is 46.9 Å². The van der Waals surface area contributed by atoms with Gasteiger partial charge in [-0.15, -0.1) is 11.3 Å². The van der Waals surface area contributed by atoms with E-state index in [-0.39, 0.29) is 0 Å². The van der Waals surface area contributed by atoms with Gasteiger partial charge in [-0.2, -0.15) is 0 Å². The molecule has 0 amide bonds. The van der Waals surface area contributed by atoms with Gasteiger partial charge < -0.3 is 5.32 Å². The third kappa shape index (κ3) is 3.04. The summed E-state index contributed by atoms with van der Waals surface area (Å²) in [5.74, 6) is 0. The molecule has 0 spiro atoms. The second kappa shape index (κ2) is 5.85. The third-order valence-corrected chi connectivity index (χ3v) is 4.75. The van der Waals surface area contributed by atoms with Crippen molar-refractivity contribution in [3.63, 3.8) is 0 Å². The van der Waals surface area contributed by atoms with Gasteiger partial charge in [0.05, 0.1) is 0 Å². The molecule has 0 aliphatic heterocycles. The summed E-state index contributed by atoms with van der Waals surface area (Å²) in [5.41, 5.74) is 4.14. The number of nitrogens with zero attached hydrogens (tertiary/aromatic N) is 1. The number of aromatic nitrogens is 1. The van der Waals surface area contributed by atoms with Crippen molar-refractivity contribution in [1.82, 2.24) is 10.3 Å². The Hall–Kier alpha value is -1.19. The van der Waals surface area contributed by atoms with Crippen molar-refractivity contribution in [2.45, 2.75) is 45.2 Å². The summed E-state index contributed by atoms with van der Waals surface area (Å²) in [7, 11) is 0. The molecule has 1 aliphatic rings. The standard InChI is InChI=1S/C16H20N2S/c1-12-11-19-16(18-12)10-17-15-9-5-3-7-13-6-2-4-8-14(13)15/h2,4,6,8,11,15,17H,3,5,7,9-10H2,1H3. The molecule has 1 aromatic heterocycles. The highest BCUT2D eigenvalue weighted by molar-refractivity contribution is 7.09. The Balaban J connectivity index is 1.73. The van der Waals surface area contributed by atoms with Gasteiger partial charge in [0.25, 0.3) is 0 Å². The van der Waals surface area contributed by atoms with Crippen LogP contribution in [0.15, 0.2) is 29.6 Å². The summed E-state index contributed by atoms with van der Waals surface area (Å²) in [6.07, 6.45) is 5.08. The molecule has 0 bridgehead atoms. The Kier molecular flexibility index (Phi) is 3.95. The molecule has 0 saturated heterocycles. The van der Waals surface area contributed by atoms with Crippen LogP contribution < -0.4 is 5.32 Å². The van der Waals surface area contributed by atoms with E-state index in [4.69, 9.17) is 0 Å². The van der Waals surface area contributed by atoms with Gasteiger partial charge in [-0.25, -0.2) is 4.98 Å². The van der Waals surface area contributed by atoms with Crippen LogP contribution in [0, 0.1) is 6.92 Å². The number of benzene rings is 1. The molecular weight excluding hydrogens is 252 g/mol. The summed E-state index contributed by atoms with van der Waals surface area (Å²) in [6, 6.07) is 9.37. The monoisotopic (exact) mass is 272 g/mol. The molecule has 1 unspecified atom stereocenters. The van der Waals surface area contributed by atoms with Crippen LogP contribution in [0.3, 0.4) is 0 Å². The quantitative estimate of drug-likeness (QED) is 0.854. The molecule has 0 radical (unpaired) electrons. The van der Waals surface area contributed by atoms with Crippen molar-refractivity contribution >= 4 is 11.3 Å². The van der Waals surface area contributed by atoms with E-state index in [0.29, 0.717) is 6.04 Å². The van der Waals surface area contributed by atoms with Gasteiger partial charge >= 0.3 is 0 Å². The molecule has 100 valence electrons. The Bertz CT molecular complexity index is 547. The molecule has 0 fully saturated rings. The van der Waals surface area contributed by atoms with Crippen LogP contribution in [0.1, 0.15) is 47.1 Å². The van der Waals surface area contributed by atoms with Crippen LogP contribution in [0.5, 0.6) is 0 Å². The van der Waals surface area contributed by atoms with Crippen molar-refractivity contribution in [3.05, 3.63) is 51.5 Å². The first kappa shape index (κ1) is 12.8. The molecule has 1 aliphatic carbocycles.